The van der Waals surface area contributed by atoms with Gasteiger partial charge in [-0.1, -0.05) is 18.2 Å². The minimum Gasteiger partial charge on any atom is -0.444 e. The molecular weight excluding hydrogens is 321 g/mol. The molecular formula is C17H23F3N2O2. The molecule has 0 bridgehead atoms. The average Bonchev–Trinajstić information content (AvgIpc) is 2.45. The van der Waals surface area contributed by atoms with Crippen LogP contribution in [0.5, 0.6) is 0 Å². The summed E-state index contributed by atoms with van der Waals surface area (Å²) in [5, 5.41) is 3.24. The van der Waals surface area contributed by atoms with Gasteiger partial charge in [-0.3, -0.25) is 0 Å². The van der Waals surface area contributed by atoms with E-state index in [-0.39, 0.29) is 6.04 Å². The van der Waals surface area contributed by atoms with Crippen molar-refractivity contribution in [3.05, 3.63) is 35.4 Å². The maximum Gasteiger partial charge on any atom is 0.416 e. The molecule has 4 nitrogen and oxygen atoms in total. The molecule has 1 atom stereocenters. The zero-order valence-electron chi connectivity index (χ0n) is 14.1. The first kappa shape index (κ1) is 18.6. The van der Waals surface area contributed by atoms with Crippen molar-refractivity contribution in [2.45, 2.75) is 45.0 Å². The van der Waals surface area contributed by atoms with Gasteiger partial charge in [-0.2, -0.15) is 13.2 Å². The number of rotatable bonds is 2. The molecule has 134 valence electrons. The van der Waals surface area contributed by atoms with Crippen LogP contribution in [-0.2, 0) is 17.3 Å². The van der Waals surface area contributed by atoms with Crippen molar-refractivity contribution >= 4 is 6.09 Å². The second kappa shape index (κ2) is 7.01. The van der Waals surface area contributed by atoms with E-state index in [4.69, 9.17) is 4.74 Å². The number of amides is 1. The van der Waals surface area contributed by atoms with Gasteiger partial charge in [0.1, 0.15) is 5.60 Å². The molecule has 0 unspecified atom stereocenters. The SMILES string of the molecule is CC(C)(C)OC(=O)N1CCN[C@@H](Cc2cccc(C(F)(F)F)c2)C1. The molecule has 2 rings (SSSR count). The number of alkyl halides is 3. The number of hydrogen-bond acceptors (Lipinski definition) is 3. The van der Waals surface area contributed by atoms with Crippen LogP contribution < -0.4 is 5.32 Å². The van der Waals surface area contributed by atoms with E-state index in [0.29, 0.717) is 31.6 Å². The number of hydrogen-bond donors (Lipinski definition) is 1. The minimum atomic E-state index is -4.35. The third kappa shape index (κ3) is 5.40. The highest BCUT2D eigenvalue weighted by Gasteiger charge is 2.31. The van der Waals surface area contributed by atoms with E-state index in [1.54, 1.807) is 31.7 Å². The molecule has 0 spiro atoms. The van der Waals surface area contributed by atoms with Crippen molar-refractivity contribution in [2.24, 2.45) is 0 Å². The van der Waals surface area contributed by atoms with E-state index in [1.165, 1.54) is 6.07 Å². The number of piperazine rings is 1. The highest BCUT2D eigenvalue weighted by atomic mass is 19.4. The summed E-state index contributed by atoms with van der Waals surface area (Å²) in [6, 6.07) is 5.20. The van der Waals surface area contributed by atoms with Crippen LogP contribution in [0.1, 0.15) is 31.9 Å². The second-order valence-corrected chi connectivity index (χ2v) is 6.98. The van der Waals surface area contributed by atoms with E-state index in [9.17, 15) is 18.0 Å². The Morgan fingerprint density at radius 3 is 2.67 bits per heavy atom. The molecule has 0 aliphatic carbocycles. The van der Waals surface area contributed by atoms with Crippen molar-refractivity contribution in [3.8, 4) is 0 Å². The minimum absolute atomic E-state index is 0.102. The first-order chi connectivity index (χ1) is 11.0. The molecule has 1 aliphatic rings. The third-order valence-electron chi connectivity index (χ3n) is 3.64. The van der Waals surface area contributed by atoms with Gasteiger partial charge in [0.15, 0.2) is 0 Å². The quantitative estimate of drug-likeness (QED) is 0.893. The van der Waals surface area contributed by atoms with Gasteiger partial charge < -0.3 is 15.0 Å². The molecule has 1 N–H and O–H groups in total. The van der Waals surface area contributed by atoms with Crippen LogP contribution in [0.3, 0.4) is 0 Å². The van der Waals surface area contributed by atoms with Crippen molar-refractivity contribution in [3.63, 3.8) is 0 Å². The monoisotopic (exact) mass is 344 g/mol. The summed E-state index contributed by atoms with van der Waals surface area (Å²) in [4.78, 5) is 13.7. The fraction of sp³-hybridized carbons (Fsp3) is 0.588. The van der Waals surface area contributed by atoms with E-state index in [2.05, 4.69) is 5.32 Å². The van der Waals surface area contributed by atoms with Gasteiger partial charge in [-0.15, -0.1) is 0 Å². The summed E-state index contributed by atoms with van der Waals surface area (Å²) in [6.07, 6.45) is -4.32. The molecule has 1 aliphatic heterocycles. The van der Waals surface area contributed by atoms with Gasteiger partial charge in [0, 0.05) is 25.7 Å². The van der Waals surface area contributed by atoms with E-state index >= 15 is 0 Å². The number of carbonyl (C=O) groups excluding carboxylic acids is 1. The Balaban J connectivity index is 1.99. The predicted octanol–water partition coefficient (Wildman–Crippen LogP) is 3.46. The Morgan fingerprint density at radius 2 is 2.04 bits per heavy atom. The van der Waals surface area contributed by atoms with E-state index in [0.717, 1.165) is 12.1 Å². The number of benzene rings is 1. The van der Waals surface area contributed by atoms with Gasteiger partial charge in [0.2, 0.25) is 0 Å². The van der Waals surface area contributed by atoms with Crippen LogP contribution in [0.15, 0.2) is 24.3 Å². The third-order valence-corrected chi connectivity index (χ3v) is 3.64. The summed E-state index contributed by atoms with van der Waals surface area (Å²) in [6.45, 7) is 6.91. The molecule has 7 heteroatoms. The summed E-state index contributed by atoms with van der Waals surface area (Å²) in [7, 11) is 0. The Bertz CT molecular complexity index is 582. The molecule has 1 fully saturated rings. The zero-order valence-corrected chi connectivity index (χ0v) is 14.1. The molecule has 0 saturated carbocycles. The topological polar surface area (TPSA) is 41.6 Å². The lowest BCUT2D eigenvalue weighted by molar-refractivity contribution is -0.137. The van der Waals surface area contributed by atoms with E-state index < -0.39 is 23.4 Å². The maximum atomic E-state index is 12.8. The Hall–Kier alpha value is -1.76. The Labute approximate surface area is 140 Å². The largest absolute Gasteiger partial charge is 0.444 e. The fourth-order valence-electron chi connectivity index (χ4n) is 2.61. The van der Waals surface area contributed by atoms with Crippen LogP contribution >= 0.6 is 0 Å². The van der Waals surface area contributed by atoms with Gasteiger partial charge in [-0.05, 0) is 38.8 Å². The highest BCUT2D eigenvalue weighted by Crippen LogP contribution is 2.29. The fourth-order valence-corrected chi connectivity index (χ4v) is 2.61. The standard InChI is InChI=1S/C17H23F3N2O2/c1-16(2,3)24-15(23)22-8-7-21-14(11-22)10-12-5-4-6-13(9-12)17(18,19)20/h4-6,9,14,21H,7-8,10-11H2,1-3H3/t14-/m0/s1. The van der Waals surface area contributed by atoms with Crippen molar-refractivity contribution in [2.75, 3.05) is 19.6 Å². The van der Waals surface area contributed by atoms with Crippen LogP contribution in [0, 0.1) is 0 Å². The highest BCUT2D eigenvalue weighted by molar-refractivity contribution is 5.68. The Kier molecular flexibility index (Phi) is 5.42. The lowest BCUT2D eigenvalue weighted by Crippen LogP contribution is -2.54. The van der Waals surface area contributed by atoms with Crippen LogP contribution in [0.25, 0.3) is 0 Å². The molecule has 1 heterocycles. The molecule has 0 aromatic heterocycles. The maximum absolute atomic E-state index is 12.8. The number of nitrogens with one attached hydrogen (secondary N) is 1. The zero-order chi connectivity index (χ0) is 18.0. The Morgan fingerprint density at radius 1 is 1.33 bits per heavy atom. The molecule has 1 aromatic rings. The first-order valence-electron chi connectivity index (χ1n) is 7.92. The van der Waals surface area contributed by atoms with Crippen LogP contribution in [-0.4, -0.2) is 42.3 Å². The van der Waals surface area contributed by atoms with Crippen molar-refractivity contribution in [1.29, 1.82) is 0 Å². The van der Waals surface area contributed by atoms with Gasteiger partial charge >= 0.3 is 12.3 Å². The van der Waals surface area contributed by atoms with Crippen LogP contribution in [0.4, 0.5) is 18.0 Å². The molecule has 1 saturated heterocycles. The smallest absolute Gasteiger partial charge is 0.416 e. The van der Waals surface area contributed by atoms with Gasteiger partial charge in [0.05, 0.1) is 5.56 Å². The molecule has 24 heavy (non-hydrogen) atoms. The second-order valence-electron chi connectivity index (χ2n) is 6.98. The van der Waals surface area contributed by atoms with Gasteiger partial charge in [-0.25, -0.2) is 4.79 Å². The number of nitrogens with zero attached hydrogens (tertiary/aromatic N) is 1. The molecule has 0 radical (unpaired) electrons. The average molecular weight is 344 g/mol. The summed E-state index contributed by atoms with van der Waals surface area (Å²) in [5.74, 6) is 0. The normalized spacial score (nSPS) is 19.2. The predicted molar refractivity (Wildman–Crippen MR) is 84.7 cm³/mol. The number of halogens is 3. The summed E-state index contributed by atoms with van der Waals surface area (Å²) < 4.78 is 43.7. The first-order valence-corrected chi connectivity index (χ1v) is 7.92. The lowest BCUT2D eigenvalue weighted by Gasteiger charge is -2.35. The van der Waals surface area contributed by atoms with Crippen molar-refractivity contribution < 1.29 is 22.7 Å². The number of carbonyl (C=O) groups is 1. The van der Waals surface area contributed by atoms with Crippen LogP contribution in [0.2, 0.25) is 0 Å². The molecule has 1 amide bonds. The summed E-state index contributed by atoms with van der Waals surface area (Å²) in [5.41, 5.74) is -0.633. The van der Waals surface area contributed by atoms with Crippen molar-refractivity contribution in [1.82, 2.24) is 10.2 Å². The number of ether oxygens (including phenoxy) is 1. The van der Waals surface area contributed by atoms with Gasteiger partial charge in [0.25, 0.3) is 0 Å². The lowest BCUT2D eigenvalue weighted by atomic mass is 10.0. The van der Waals surface area contributed by atoms with E-state index in [1.807, 2.05) is 0 Å². The molecule has 1 aromatic carbocycles. The summed E-state index contributed by atoms with van der Waals surface area (Å²) >= 11 is 0.